The second kappa shape index (κ2) is 5.79. The number of hydrogen-bond donors (Lipinski definition) is 0. The highest BCUT2D eigenvalue weighted by molar-refractivity contribution is 5.58. The van der Waals surface area contributed by atoms with E-state index < -0.39 is 0 Å². The lowest BCUT2D eigenvalue weighted by molar-refractivity contribution is -0.747. The number of hydrogen-bond acceptors (Lipinski definition) is 2. The molecule has 0 unspecified atom stereocenters. The van der Waals surface area contributed by atoms with Crippen LogP contribution in [0.1, 0.15) is 5.56 Å². The van der Waals surface area contributed by atoms with Crippen molar-refractivity contribution < 1.29 is 9.42 Å². The molecule has 0 aliphatic carbocycles. The zero-order valence-corrected chi connectivity index (χ0v) is 12.2. The van der Waals surface area contributed by atoms with Gasteiger partial charge in [-0.15, -0.1) is 9.36 Å². The maximum Gasteiger partial charge on any atom is 0.197 e. The van der Waals surface area contributed by atoms with Crippen molar-refractivity contribution in [1.29, 1.82) is 0 Å². The van der Waals surface area contributed by atoms with E-state index >= 15 is 0 Å². The van der Waals surface area contributed by atoms with Gasteiger partial charge in [-0.1, -0.05) is 30.3 Å². The summed E-state index contributed by atoms with van der Waals surface area (Å²) in [5.74, 6) is 0.859. The number of ether oxygens (including phenoxy) is 1. The van der Waals surface area contributed by atoms with Gasteiger partial charge in [0.2, 0.25) is 0 Å². The maximum absolute atomic E-state index is 5.19. The molecule has 3 aromatic rings. The summed E-state index contributed by atoms with van der Waals surface area (Å²) >= 11 is 0. The molecule has 0 atom stereocenters. The smallest absolute Gasteiger partial charge is 0.197 e. The minimum absolute atomic E-state index is 0.769. The molecule has 106 valence electrons. The minimum Gasteiger partial charge on any atom is -0.497 e. The van der Waals surface area contributed by atoms with Crippen LogP contribution in [0.4, 0.5) is 0 Å². The second-order valence-corrected chi connectivity index (χ2v) is 4.94. The molecule has 0 aliphatic heterocycles. The van der Waals surface area contributed by atoms with E-state index in [1.807, 2.05) is 58.9 Å². The molecule has 0 aliphatic rings. The van der Waals surface area contributed by atoms with Gasteiger partial charge in [0, 0.05) is 5.56 Å². The van der Waals surface area contributed by atoms with Gasteiger partial charge in [0.1, 0.15) is 19.3 Å². The van der Waals surface area contributed by atoms with Crippen molar-refractivity contribution in [2.75, 3.05) is 7.11 Å². The van der Waals surface area contributed by atoms with Crippen LogP contribution in [0.3, 0.4) is 0 Å². The molecule has 0 radical (unpaired) electrons. The lowest BCUT2D eigenvalue weighted by atomic mass is 10.1. The lowest BCUT2D eigenvalue weighted by Crippen LogP contribution is -2.36. The SMILES string of the molecule is COc1ccc(-c2c[n+](Cc3ccccc3)nn2C)cc1. The first kappa shape index (κ1) is 13.4. The van der Waals surface area contributed by atoms with Crippen molar-refractivity contribution in [2.24, 2.45) is 7.05 Å². The summed E-state index contributed by atoms with van der Waals surface area (Å²) in [5.41, 5.74) is 3.44. The predicted octanol–water partition coefficient (Wildman–Crippen LogP) is 2.43. The molecule has 0 spiro atoms. The van der Waals surface area contributed by atoms with Gasteiger partial charge in [-0.3, -0.25) is 0 Å². The van der Waals surface area contributed by atoms with Crippen LogP contribution in [-0.4, -0.2) is 17.0 Å². The zero-order chi connectivity index (χ0) is 14.7. The Morgan fingerprint density at radius 2 is 1.76 bits per heavy atom. The van der Waals surface area contributed by atoms with E-state index in [0.717, 1.165) is 23.6 Å². The third-order valence-electron chi connectivity index (χ3n) is 3.44. The van der Waals surface area contributed by atoms with Crippen molar-refractivity contribution in [1.82, 2.24) is 9.90 Å². The van der Waals surface area contributed by atoms with E-state index in [1.54, 1.807) is 7.11 Å². The van der Waals surface area contributed by atoms with Crippen LogP contribution in [-0.2, 0) is 13.6 Å². The number of rotatable bonds is 4. The van der Waals surface area contributed by atoms with Gasteiger partial charge in [-0.05, 0) is 29.8 Å². The molecule has 21 heavy (non-hydrogen) atoms. The number of nitrogens with zero attached hydrogens (tertiary/aromatic N) is 3. The van der Waals surface area contributed by atoms with Crippen molar-refractivity contribution in [3.63, 3.8) is 0 Å². The fraction of sp³-hybridized carbons (Fsp3) is 0.176. The molecule has 1 heterocycles. The Labute approximate surface area is 124 Å². The van der Waals surface area contributed by atoms with E-state index in [2.05, 4.69) is 23.5 Å². The molecular formula is C17H18N3O+. The largest absolute Gasteiger partial charge is 0.497 e. The number of benzene rings is 2. The van der Waals surface area contributed by atoms with Crippen LogP contribution in [0.15, 0.2) is 60.8 Å². The molecule has 0 fully saturated rings. The van der Waals surface area contributed by atoms with Gasteiger partial charge in [0.25, 0.3) is 0 Å². The Hall–Kier alpha value is -2.62. The molecule has 4 nitrogen and oxygen atoms in total. The first-order valence-corrected chi connectivity index (χ1v) is 6.88. The lowest BCUT2D eigenvalue weighted by Gasteiger charge is -1.99. The van der Waals surface area contributed by atoms with Crippen molar-refractivity contribution >= 4 is 0 Å². The minimum atomic E-state index is 0.769. The molecule has 0 saturated heterocycles. The van der Waals surface area contributed by atoms with Crippen molar-refractivity contribution in [3.05, 3.63) is 66.4 Å². The molecule has 0 N–H and O–H groups in total. The Kier molecular flexibility index (Phi) is 3.69. The standard InChI is InChI=1S/C17H18N3O/c1-19-17(15-8-10-16(21-2)11-9-15)13-20(18-19)12-14-6-4-3-5-7-14/h3-11,13H,12H2,1-2H3/q+1. The molecule has 4 heteroatoms. The summed E-state index contributed by atoms with van der Waals surface area (Å²) in [5, 5.41) is 4.53. The van der Waals surface area contributed by atoms with Crippen LogP contribution in [0, 0.1) is 0 Å². The van der Waals surface area contributed by atoms with E-state index in [0.29, 0.717) is 0 Å². The molecule has 0 amide bonds. The molecule has 3 rings (SSSR count). The number of aromatic nitrogens is 3. The Morgan fingerprint density at radius 1 is 1.05 bits per heavy atom. The fourth-order valence-electron chi connectivity index (χ4n) is 2.34. The monoisotopic (exact) mass is 280 g/mol. The summed E-state index contributed by atoms with van der Waals surface area (Å²) < 4.78 is 9.04. The molecule has 0 saturated carbocycles. The third-order valence-corrected chi connectivity index (χ3v) is 3.44. The summed E-state index contributed by atoms with van der Waals surface area (Å²) in [6.45, 7) is 0.769. The second-order valence-electron chi connectivity index (χ2n) is 4.94. The fourth-order valence-corrected chi connectivity index (χ4v) is 2.34. The Morgan fingerprint density at radius 3 is 2.43 bits per heavy atom. The van der Waals surface area contributed by atoms with Gasteiger partial charge < -0.3 is 4.74 Å². The average Bonchev–Trinajstić information content (AvgIpc) is 2.89. The zero-order valence-electron chi connectivity index (χ0n) is 12.2. The molecule has 0 bridgehead atoms. The summed E-state index contributed by atoms with van der Waals surface area (Å²) in [6, 6.07) is 18.3. The number of methoxy groups -OCH3 is 1. The van der Waals surface area contributed by atoms with E-state index in [9.17, 15) is 0 Å². The average molecular weight is 280 g/mol. The van der Waals surface area contributed by atoms with Crippen LogP contribution >= 0.6 is 0 Å². The Bertz CT molecular complexity index is 718. The van der Waals surface area contributed by atoms with E-state index in [1.165, 1.54) is 5.56 Å². The normalized spacial score (nSPS) is 10.6. The highest BCUT2D eigenvalue weighted by Crippen LogP contribution is 2.20. The van der Waals surface area contributed by atoms with E-state index in [-0.39, 0.29) is 0 Å². The highest BCUT2D eigenvalue weighted by atomic mass is 16.5. The van der Waals surface area contributed by atoms with E-state index in [4.69, 9.17) is 4.74 Å². The molecule has 1 aromatic heterocycles. The quantitative estimate of drug-likeness (QED) is 0.687. The van der Waals surface area contributed by atoms with Crippen LogP contribution < -0.4 is 9.42 Å². The van der Waals surface area contributed by atoms with Crippen LogP contribution in [0.25, 0.3) is 11.3 Å². The summed E-state index contributed by atoms with van der Waals surface area (Å²) in [6.07, 6.45) is 2.06. The van der Waals surface area contributed by atoms with Gasteiger partial charge in [-0.25, -0.2) is 0 Å². The highest BCUT2D eigenvalue weighted by Gasteiger charge is 2.14. The molecule has 2 aromatic carbocycles. The number of aryl methyl sites for hydroxylation is 1. The predicted molar refractivity (Wildman–Crippen MR) is 80.9 cm³/mol. The summed E-state index contributed by atoms with van der Waals surface area (Å²) in [4.78, 5) is 0. The van der Waals surface area contributed by atoms with Gasteiger partial charge >= 0.3 is 0 Å². The van der Waals surface area contributed by atoms with Gasteiger partial charge in [0.15, 0.2) is 11.9 Å². The van der Waals surface area contributed by atoms with Crippen LogP contribution in [0.5, 0.6) is 5.75 Å². The van der Waals surface area contributed by atoms with Crippen LogP contribution in [0.2, 0.25) is 0 Å². The van der Waals surface area contributed by atoms with Crippen molar-refractivity contribution in [2.45, 2.75) is 6.54 Å². The topological polar surface area (TPSA) is 30.9 Å². The summed E-state index contributed by atoms with van der Waals surface area (Å²) in [7, 11) is 3.63. The Balaban J connectivity index is 1.86. The third kappa shape index (κ3) is 2.94. The van der Waals surface area contributed by atoms with Gasteiger partial charge in [-0.2, -0.15) is 0 Å². The van der Waals surface area contributed by atoms with Crippen molar-refractivity contribution in [3.8, 4) is 17.0 Å². The maximum atomic E-state index is 5.19. The molecular weight excluding hydrogens is 262 g/mol. The first-order valence-electron chi connectivity index (χ1n) is 6.88. The van der Waals surface area contributed by atoms with Gasteiger partial charge in [0.05, 0.1) is 12.3 Å². The first-order chi connectivity index (χ1) is 10.3.